The van der Waals surface area contributed by atoms with Gasteiger partial charge in [0.1, 0.15) is 0 Å². The van der Waals surface area contributed by atoms with Crippen LogP contribution in [0, 0.1) is 5.82 Å². The molecule has 1 saturated carbocycles. The van der Waals surface area contributed by atoms with Crippen LogP contribution >= 0.6 is 0 Å². The third-order valence-electron chi connectivity index (χ3n) is 3.91. The topological polar surface area (TPSA) is 58.6 Å². The number of ether oxygens (including phenoxy) is 1. The van der Waals surface area contributed by atoms with Crippen LogP contribution in [0.4, 0.5) is 10.1 Å². The van der Waals surface area contributed by atoms with E-state index in [1.54, 1.807) is 36.4 Å². The highest BCUT2D eigenvalue weighted by atomic mass is 19.1. The normalized spacial score (nSPS) is 15.6. The first-order valence-electron chi connectivity index (χ1n) is 7.63. The van der Waals surface area contributed by atoms with Gasteiger partial charge in [-0.3, -0.25) is 4.79 Å². The summed E-state index contributed by atoms with van der Waals surface area (Å²) in [5.74, 6) is -0.941. The number of aliphatic hydroxyl groups is 1. The number of rotatable bonds is 5. The summed E-state index contributed by atoms with van der Waals surface area (Å²) in [6.45, 7) is 0. The van der Waals surface area contributed by atoms with E-state index in [2.05, 4.69) is 5.32 Å². The molecule has 1 aliphatic carbocycles. The van der Waals surface area contributed by atoms with E-state index in [0.717, 1.165) is 19.3 Å². The standard InChI is InChI=1S/C18H18FNO3/c19-15-11-13(9-10-16(15)23-14-7-4-8-14)20-18(22)17(21)12-5-2-1-3-6-12/h1-3,5-6,9-11,14,17,21H,4,7-8H2,(H,20,22). The molecule has 0 heterocycles. The molecule has 23 heavy (non-hydrogen) atoms. The first kappa shape index (κ1) is 15.5. The molecule has 0 bridgehead atoms. The molecule has 2 aromatic rings. The van der Waals surface area contributed by atoms with Crippen molar-refractivity contribution in [3.05, 3.63) is 59.9 Å². The Morgan fingerprint density at radius 2 is 1.96 bits per heavy atom. The lowest BCUT2D eigenvalue weighted by Crippen LogP contribution is -2.25. The first-order chi connectivity index (χ1) is 11.1. The average molecular weight is 315 g/mol. The van der Waals surface area contributed by atoms with Gasteiger partial charge in [0.05, 0.1) is 6.10 Å². The van der Waals surface area contributed by atoms with Gasteiger partial charge in [-0.1, -0.05) is 30.3 Å². The maximum absolute atomic E-state index is 14.0. The summed E-state index contributed by atoms with van der Waals surface area (Å²) in [5, 5.41) is 12.5. The second-order valence-corrected chi connectivity index (χ2v) is 5.62. The molecule has 3 rings (SSSR count). The molecular formula is C18H18FNO3. The molecule has 0 radical (unpaired) electrons. The van der Waals surface area contributed by atoms with Gasteiger partial charge in [-0.05, 0) is 37.0 Å². The average Bonchev–Trinajstić information content (AvgIpc) is 2.52. The molecule has 1 amide bonds. The molecule has 0 spiro atoms. The minimum absolute atomic E-state index is 0.0878. The van der Waals surface area contributed by atoms with E-state index < -0.39 is 17.8 Å². The van der Waals surface area contributed by atoms with Crippen molar-refractivity contribution < 1.29 is 19.0 Å². The summed E-state index contributed by atoms with van der Waals surface area (Å²) in [6.07, 6.45) is 1.79. The zero-order chi connectivity index (χ0) is 16.2. The van der Waals surface area contributed by atoms with Gasteiger partial charge in [-0.15, -0.1) is 0 Å². The second kappa shape index (κ2) is 6.79. The van der Waals surface area contributed by atoms with Crippen LogP contribution in [0.5, 0.6) is 5.75 Å². The summed E-state index contributed by atoms with van der Waals surface area (Å²) in [6, 6.07) is 12.8. The van der Waals surface area contributed by atoms with E-state index in [-0.39, 0.29) is 17.5 Å². The Kier molecular flexibility index (Phi) is 4.57. The van der Waals surface area contributed by atoms with Gasteiger partial charge >= 0.3 is 0 Å². The Labute approximate surface area is 133 Å². The molecule has 5 heteroatoms. The van der Waals surface area contributed by atoms with Crippen molar-refractivity contribution >= 4 is 11.6 Å². The van der Waals surface area contributed by atoms with Gasteiger partial charge in [0, 0.05) is 11.8 Å². The highest BCUT2D eigenvalue weighted by molar-refractivity contribution is 5.94. The lowest BCUT2D eigenvalue weighted by Gasteiger charge is -2.26. The van der Waals surface area contributed by atoms with Crippen molar-refractivity contribution in [2.75, 3.05) is 5.32 Å². The molecule has 0 saturated heterocycles. The molecule has 0 aromatic heterocycles. The van der Waals surface area contributed by atoms with E-state index in [4.69, 9.17) is 4.74 Å². The predicted molar refractivity (Wildman–Crippen MR) is 84.7 cm³/mol. The highest BCUT2D eigenvalue weighted by Gasteiger charge is 2.21. The van der Waals surface area contributed by atoms with Crippen LogP contribution in [0.1, 0.15) is 30.9 Å². The SMILES string of the molecule is O=C(Nc1ccc(OC2CCC2)c(F)c1)C(O)c1ccccc1. The van der Waals surface area contributed by atoms with Crippen molar-refractivity contribution in [2.24, 2.45) is 0 Å². The maximum Gasteiger partial charge on any atom is 0.257 e. The monoisotopic (exact) mass is 315 g/mol. The van der Waals surface area contributed by atoms with Crippen molar-refractivity contribution in [3.63, 3.8) is 0 Å². The Hall–Kier alpha value is -2.40. The van der Waals surface area contributed by atoms with Crippen molar-refractivity contribution in [1.29, 1.82) is 0 Å². The molecule has 2 aromatic carbocycles. The lowest BCUT2D eigenvalue weighted by molar-refractivity contribution is -0.124. The molecule has 120 valence electrons. The maximum atomic E-state index is 14.0. The largest absolute Gasteiger partial charge is 0.487 e. The summed E-state index contributed by atoms with van der Waals surface area (Å²) in [5.41, 5.74) is 0.763. The van der Waals surface area contributed by atoms with Crippen LogP contribution < -0.4 is 10.1 Å². The van der Waals surface area contributed by atoms with Gasteiger partial charge in [0.15, 0.2) is 17.7 Å². The van der Waals surface area contributed by atoms with Crippen LogP contribution in [-0.4, -0.2) is 17.1 Å². The highest BCUT2D eigenvalue weighted by Crippen LogP contribution is 2.28. The number of aliphatic hydroxyl groups excluding tert-OH is 1. The number of carbonyl (C=O) groups excluding carboxylic acids is 1. The van der Waals surface area contributed by atoms with E-state index in [9.17, 15) is 14.3 Å². The Morgan fingerprint density at radius 1 is 1.22 bits per heavy atom. The Bertz CT molecular complexity index is 686. The van der Waals surface area contributed by atoms with Crippen LogP contribution in [0.2, 0.25) is 0 Å². The van der Waals surface area contributed by atoms with Gasteiger partial charge in [-0.25, -0.2) is 4.39 Å². The third kappa shape index (κ3) is 3.68. The summed E-state index contributed by atoms with van der Waals surface area (Å²) in [7, 11) is 0. The van der Waals surface area contributed by atoms with Crippen LogP contribution in [0.15, 0.2) is 48.5 Å². The van der Waals surface area contributed by atoms with Gasteiger partial charge < -0.3 is 15.2 Å². The van der Waals surface area contributed by atoms with E-state index in [1.165, 1.54) is 12.1 Å². The van der Waals surface area contributed by atoms with Crippen molar-refractivity contribution in [3.8, 4) is 5.75 Å². The number of halogens is 1. The fourth-order valence-electron chi connectivity index (χ4n) is 2.34. The molecule has 1 unspecified atom stereocenters. The molecule has 1 atom stereocenters. The number of carbonyl (C=O) groups is 1. The summed E-state index contributed by atoms with van der Waals surface area (Å²) >= 11 is 0. The van der Waals surface area contributed by atoms with Crippen LogP contribution in [0.3, 0.4) is 0 Å². The number of amides is 1. The molecule has 1 fully saturated rings. The zero-order valence-electron chi connectivity index (χ0n) is 12.5. The number of hydrogen-bond acceptors (Lipinski definition) is 3. The number of anilines is 1. The molecule has 2 N–H and O–H groups in total. The number of nitrogens with one attached hydrogen (secondary N) is 1. The fraction of sp³-hybridized carbons (Fsp3) is 0.278. The van der Waals surface area contributed by atoms with Gasteiger partial charge in [0.25, 0.3) is 5.91 Å². The smallest absolute Gasteiger partial charge is 0.257 e. The lowest BCUT2D eigenvalue weighted by atomic mass is 9.96. The fourth-order valence-corrected chi connectivity index (χ4v) is 2.34. The molecule has 1 aliphatic rings. The number of hydrogen-bond donors (Lipinski definition) is 2. The van der Waals surface area contributed by atoms with Crippen molar-refractivity contribution in [2.45, 2.75) is 31.5 Å². The predicted octanol–water partition coefficient (Wildman–Crippen LogP) is 3.43. The molecule has 4 nitrogen and oxygen atoms in total. The minimum atomic E-state index is -1.30. The molecular weight excluding hydrogens is 297 g/mol. The quantitative estimate of drug-likeness (QED) is 0.889. The van der Waals surface area contributed by atoms with Crippen LogP contribution in [-0.2, 0) is 4.79 Å². The van der Waals surface area contributed by atoms with Gasteiger partial charge in [0.2, 0.25) is 0 Å². The van der Waals surface area contributed by atoms with Gasteiger partial charge in [-0.2, -0.15) is 0 Å². The molecule has 0 aliphatic heterocycles. The van der Waals surface area contributed by atoms with Crippen LogP contribution in [0.25, 0.3) is 0 Å². The van der Waals surface area contributed by atoms with E-state index in [1.807, 2.05) is 0 Å². The van der Waals surface area contributed by atoms with E-state index in [0.29, 0.717) is 5.56 Å². The number of benzene rings is 2. The Morgan fingerprint density at radius 3 is 2.57 bits per heavy atom. The Balaban J connectivity index is 1.65. The second-order valence-electron chi connectivity index (χ2n) is 5.62. The van der Waals surface area contributed by atoms with Crippen molar-refractivity contribution in [1.82, 2.24) is 0 Å². The summed E-state index contributed by atoms with van der Waals surface area (Å²) < 4.78 is 19.5. The summed E-state index contributed by atoms with van der Waals surface area (Å²) in [4.78, 5) is 12.0. The minimum Gasteiger partial charge on any atom is -0.487 e. The van der Waals surface area contributed by atoms with E-state index >= 15 is 0 Å². The first-order valence-corrected chi connectivity index (χ1v) is 7.63. The third-order valence-corrected chi connectivity index (χ3v) is 3.91. The zero-order valence-corrected chi connectivity index (χ0v) is 12.5.